The maximum atomic E-state index is 6.00. The van der Waals surface area contributed by atoms with Crippen molar-refractivity contribution in [3.63, 3.8) is 0 Å². The second-order valence-electron chi connectivity index (χ2n) is 3.39. The van der Waals surface area contributed by atoms with E-state index in [0.717, 1.165) is 23.6 Å². The molecule has 3 heteroatoms. The van der Waals surface area contributed by atoms with Crippen LogP contribution in [-0.4, -0.2) is 19.3 Å². The summed E-state index contributed by atoms with van der Waals surface area (Å²) >= 11 is 6.00. The van der Waals surface area contributed by atoms with Gasteiger partial charge in [-0.15, -0.1) is 0 Å². The van der Waals surface area contributed by atoms with E-state index in [1.807, 2.05) is 24.3 Å². The summed E-state index contributed by atoms with van der Waals surface area (Å²) in [6, 6.07) is 7.75. The van der Waals surface area contributed by atoms with E-state index in [1.54, 1.807) is 0 Å². The van der Waals surface area contributed by atoms with E-state index >= 15 is 0 Å². The highest BCUT2D eigenvalue weighted by Crippen LogP contribution is 2.18. The van der Waals surface area contributed by atoms with E-state index in [2.05, 4.69) is 0 Å². The van der Waals surface area contributed by atoms with Crippen molar-refractivity contribution in [2.75, 3.05) is 13.2 Å². The average molecular weight is 213 g/mol. The molecular formula is C11H13ClO2. The van der Waals surface area contributed by atoms with Crippen LogP contribution in [0.25, 0.3) is 0 Å². The van der Waals surface area contributed by atoms with Gasteiger partial charge in [-0.25, -0.2) is 0 Å². The summed E-state index contributed by atoms with van der Waals surface area (Å²) in [6.45, 7) is 2.10. The largest absolute Gasteiger partial charge is 0.379 e. The number of ether oxygens (including phenoxy) is 2. The first-order chi connectivity index (χ1) is 6.86. The van der Waals surface area contributed by atoms with Crippen molar-refractivity contribution in [3.8, 4) is 0 Å². The maximum Gasteiger partial charge on any atom is 0.0835 e. The fourth-order valence-electron chi connectivity index (χ4n) is 1.47. The first kappa shape index (κ1) is 9.97. The molecule has 0 aliphatic carbocycles. The topological polar surface area (TPSA) is 18.5 Å². The van der Waals surface area contributed by atoms with Gasteiger partial charge in [-0.05, 0) is 18.1 Å². The molecule has 0 bridgehead atoms. The zero-order valence-corrected chi connectivity index (χ0v) is 8.67. The maximum absolute atomic E-state index is 6.00. The molecule has 1 aliphatic rings. The van der Waals surface area contributed by atoms with E-state index in [9.17, 15) is 0 Å². The van der Waals surface area contributed by atoms with E-state index in [4.69, 9.17) is 21.1 Å². The smallest absolute Gasteiger partial charge is 0.0835 e. The quantitative estimate of drug-likeness (QED) is 0.767. The minimum Gasteiger partial charge on any atom is -0.379 e. The van der Waals surface area contributed by atoms with Gasteiger partial charge in [-0.2, -0.15) is 0 Å². The molecule has 0 aromatic heterocycles. The summed E-state index contributed by atoms with van der Waals surface area (Å²) in [5, 5.41) is 0.770. The van der Waals surface area contributed by atoms with Gasteiger partial charge in [0.15, 0.2) is 0 Å². The van der Waals surface area contributed by atoms with Crippen LogP contribution in [0.15, 0.2) is 24.3 Å². The molecule has 0 radical (unpaired) electrons. The molecule has 1 aromatic rings. The second kappa shape index (κ2) is 4.78. The highest BCUT2D eigenvalue weighted by Gasteiger charge is 2.16. The van der Waals surface area contributed by atoms with Crippen molar-refractivity contribution in [2.24, 2.45) is 0 Å². The molecule has 0 amide bonds. The normalized spacial score (nSPS) is 21.4. The van der Waals surface area contributed by atoms with Crippen LogP contribution >= 0.6 is 11.6 Å². The van der Waals surface area contributed by atoms with Gasteiger partial charge in [0.25, 0.3) is 0 Å². The Hall–Kier alpha value is -0.570. The van der Waals surface area contributed by atoms with Gasteiger partial charge in [0.05, 0.1) is 19.3 Å². The highest BCUT2D eigenvalue weighted by atomic mass is 35.5. The first-order valence-corrected chi connectivity index (χ1v) is 5.17. The molecule has 0 spiro atoms. The van der Waals surface area contributed by atoms with Crippen molar-refractivity contribution >= 4 is 11.6 Å². The Morgan fingerprint density at radius 2 is 2.29 bits per heavy atom. The van der Waals surface area contributed by atoms with Gasteiger partial charge in [-0.1, -0.05) is 29.8 Å². The Morgan fingerprint density at radius 1 is 1.43 bits per heavy atom. The number of hydrogen-bond donors (Lipinski definition) is 0. The van der Waals surface area contributed by atoms with Gasteiger partial charge in [0, 0.05) is 11.6 Å². The summed E-state index contributed by atoms with van der Waals surface area (Å²) in [6.07, 6.45) is 1.23. The van der Waals surface area contributed by atoms with Crippen LogP contribution in [0.5, 0.6) is 0 Å². The molecule has 14 heavy (non-hydrogen) atoms. The molecule has 1 fully saturated rings. The lowest BCUT2D eigenvalue weighted by atomic mass is 10.2. The minimum atomic E-state index is 0.242. The number of hydrogen-bond acceptors (Lipinski definition) is 2. The van der Waals surface area contributed by atoms with Crippen LogP contribution in [0, 0.1) is 0 Å². The van der Waals surface area contributed by atoms with Crippen LogP contribution in [0.3, 0.4) is 0 Å². The van der Waals surface area contributed by atoms with Gasteiger partial charge in [-0.3, -0.25) is 0 Å². The molecule has 76 valence electrons. The molecule has 1 aliphatic heterocycles. The Morgan fingerprint density at radius 3 is 3.00 bits per heavy atom. The van der Waals surface area contributed by atoms with Crippen molar-refractivity contribution < 1.29 is 9.47 Å². The van der Waals surface area contributed by atoms with Gasteiger partial charge >= 0.3 is 0 Å². The van der Waals surface area contributed by atoms with E-state index < -0.39 is 0 Å². The summed E-state index contributed by atoms with van der Waals surface area (Å²) in [7, 11) is 0. The van der Waals surface area contributed by atoms with Crippen molar-refractivity contribution in [1.82, 2.24) is 0 Å². The zero-order valence-electron chi connectivity index (χ0n) is 7.91. The zero-order chi connectivity index (χ0) is 9.80. The fraction of sp³-hybridized carbons (Fsp3) is 0.455. The van der Waals surface area contributed by atoms with Crippen LogP contribution in [0.1, 0.15) is 12.0 Å². The summed E-state index contributed by atoms with van der Waals surface area (Å²) in [5.74, 6) is 0. The molecule has 1 aromatic carbocycles. The predicted molar refractivity (Wildman–Crippen MR) is 55.5 cm³/mol. The number of halogens is 1. The third-order valence-electron chi connectivity index (χ3n) is 2.32. The Bertz CT molecular complexity index is 295. The fourth-order valence-corrected chi connectivity index (χ4v) is 1.66. The first-order valence-electron chi connectivity index (χ1n) is 4.79. The molecule has 0 saturated carbocycles. The molecule has 1 unspecified atom stereocenters. The third-order valence-corrected chi connectivity index (χ3v) is 2.69. The molecule has 2 nitrogen and oxygen atoms in total. The molecule has 2 rings (SSSR count). The van der Waals surface area contributed by atoms with Crippen molar-refractivity contribution in [1.29, 1.82) is 0 Å². The minimum absolute atomic E-state index is 0.242. The van der Waals surface area contributed by atoms with Gasteiger partial charge in [0.2, 0.25) is 0 Å². The van der Waals surface area contributed by atoms with Crippen LogP contribution in [0.4, 0.5) is 0 Å². The lowest BCUT2D eigenvalue weighted by Gasteiger charge is -2.10. The van der Waals surface area contributed by atoms with Crippen LogP contribution < -0.4 is 0 Å². The average Bonchev–Trinajstić information content (AvgIpc) is 2.69. The summed E-state index contributed by atoms with van der Waals surface area (Å²) < 4.78 is 10.9. The summed E-state index contributed by atoms with van der Waals surface area (Å²) in [5.41, 5.74) is 1.04. The van der Waals surface area contributed by atoms with Gasteiger partial charge < -0.3 is 9.47 Å². The monoisotopic (exact) mass is 212 g/mol. The Kier molecular flexibility index (Phi) is 3.40. The van der Waals surface area contributed by atoms with E-state index in [-0.39, 0.29) is 6.10 Å². The van der Waals surface area contributed by atoms with Gasteiger partial charge in [0.1, 0.15) is 0 Å². The summed E-state index contributed by atoms with van der Waals surface area (Å²) in [4.78, 5) is 0. The van der Waals surface area contributed by atoms with Crippen LogP contribution in [-0.2, 0) is 16.1 Å². The number of rotatable bonds is 3. The lowest BCUT2D eigenvalue weighted by molar-refractivity contribution is 0.0318. The van der Waals surface area contributed by atoms with Crippen molar-refractivity contribution in [3.05, 3.63) is 34.9 Å². The molecular weight excluding hydrogens is 200 g/mol. The molecule has 1 atom stereocenters. The second-order valence-corrected chi connectivity index (χ2v) is 3.80. The molecule has 1 heterocycles. The standard InChI is InChI=1S/C11H13ClO2/c12-11-4-2-1-3-9(11)7-14-10-5-6-13-8-10/h1-4,10H,5-8H2. The third kappa shape index (κ3) is 2.47. The predicted octanol–water partition coefficient (Wildman–Crippen LogP) is 2.65. The van der Waals surface area contributed by atoms with Crippen molar-refractivity contribution in [2.45, 2.75) is 19.1 Å². The number of benzene rings is 1. The van der Waals surface area contributed by atoms with Crippen LogP contribution in [0.2, 0.25) is 5.02 Å². The SMILES string of the molecule is Clc1ccccc1COC1CCOC1. The van der Waals surface area contributed by atoms with E-state index in [1.165, 1.54) is 0 Å². The molecule has 0 N–H and O–H groups in total. The van der Waals surface area contributed by atoms with E-state index in [0.29, 0.717) is 13.2 Å². The molecule has 1 saturated heterocycles. The Balaban J connectivity index is 1.88. The Labute approximate surface area is 88.8 Å². The lowest BCUT2D eigenvalue weighted by Crippen LogP contribution is -2.11. The highest BCUT2D eigenvalue weighted by molar-refractivity contribution is 6.31.